The third kappa shape index (κ3) is 4.94. The van der Waals surface area contributed by atoms with Gasteiger partial charge in [-0.05, 0) is 79.9 Å². The van der Waals surface area contributed by atoms with Crippen LogP contribution in [0.5, 0.6) is 0 Å². The minimum absolute atomic E-state index is 0.0888. The van der Waals surface area contributed by atoms with Crippen LogP contribution < -0.4 is 15.5 Å². The molecule has 3 rings (SSSR count). The molecular weight excluding hydrogens is 345 g/mol. The molecule has 2 aromatic rings. The first kappa shape index (κ1) is 18.6. The maximum absolute atomic E-state index is 13.0. The molecule has 5 heteroatoms. The molecular formula is C21H26FN3S. The van der Waals surface area contributed by atoms with Gasteiger partial charge >= 0.3 is 0 Å². The van der Waals surface area contributed by atoms with Gasteiger partial charge in [0.2, 0.25) is 0 Å². The summed E-state index contributed by atoms with van der Waals surface area (Å²) in [7, 11) is 0. The molecule has 1 fully saturated rings. The van der Waals surface area contributed by atoms with Crippen molar-refractivity contribution in [3.8, 4) is 0 Å². The number of nitrogens with zero attached hydrogens (tertiary/aromatic N) is 1. The van der Waals surface area contributed by atoms with Gasteiger partial charge in [0.05, 0.1) is 6.04 Å². The summed E-state index contributed by atoms with van der Waals surface area (Å²) in [5.41, 5.74) is 3.24. The predicted octanol–water partition coefficient (Wildman–Crippen LogP) is 5.11. The van der Waals surface area contributed by atoms with E-state index in [0.717, 1.165) is 24.7 Å². The molecule has 0 saturated carbocycles. The number of halogens is 1. The third-order valence-corrected chi connectivity index (χ3v) is 5.21. The maximum atomic E-state index is 13.0. The zero-order valence-electron chi connectivity index (χ0n) is 15.3. The van der Waals surface area contributed by atoms with Crippen molar-refractivity contribution in [2.24, 2.45) is 5.92 Å². The fraction of sp³-hybridized carbons (Fsp3) is 0.381. The molecule has 0 radical (unpaired) electrons. The maximum Gasteiger partial charge on any atom is 0.171 e. The Morgan fingerprint density at radius 2 is 1.69 bits per heavy atom. The van der Waals surface area contributed by atoms with Crippen LogP contribution in [0.15, 0.2) is 48.5 Å². The van der Waals surface area contributed by atoms with Gasteiger partial charge in [0, 0.05) is 24.5 Å². The Kier molecular flexibility index (Phi) is 6.09. The lowest BCUT2D eigenvalue weighted by Crippen LogP contribution is -2.33. The Bertz CT molecular complexity index is 722. The largest absolute Gasteiger partial charge is 0.372 e. The summed E-state index contributed by atoms with van der Waals surface area (Å²) in [5, 5.41) is 6.89. The number of hydrogen-bond acceptors (Lipinski definition) is 2. The zero-order valence-corrected chi connectivity index (χ0v) is 16.2. The van der Waals surface area contributed by atoms with E-state index in [2.05, 4.69) is 53.6 Å². The molecule has 1 heterocycles. The molecule has 1 aliphatic rings. The smallest absolute Gasteiger partial charge is 0.171 e. The molecule has 138 valence electrons. The van der Waals surface area contributed by atoms with Crippen molar-refractivity contribution in [3.63, 3.8) is 0 Å². The minimum Gasteiger partial charge on any atom is -0.372 e. The minimum atomic E-state index is -0.258. The summed E-state index contributed by atoms with van der Waals surface area (Å²) in [4.78, 5) is 2.46. The van der Waals surface area contributed by atoms with E-state index in [1.807, 2.05) is 0 Å². The first-order valence-corrected chi connectivity index (χ1v) is 9.60. The molecule has 1 aliphatic heterocycles. The molecule has 0 aromatic heterocycles. The van der Waals surface area contributed by atoms with E-state index in [9.17, 15) is 4.39 Å². The zero-order chi connectivity index (χ0) is 18.5. The van der Waals surface area contributed by atoms with E-state index in [4.69, 9.17) is 12.2 Å². The summed E-state index contributed by atoms with van der Waals surface area (Å²) >= 11 is 5.36. The van der Waals surface area contributed by atoms with Gasteiger partial charge in [0.15, 0.2) is 5.11 Å². The van der Waals surface area contributed by atoms with Gasteiger partial charge < -0.3 is 15.5 Å². The number of benzene rings is 2. The van der Waals surface area contributed by atoms with Gasteiger partial charge in [-0.15, -0.1) is 0 Å². The van der Waals surface area contributed by atoms with Gasteiger partial charge in [-0.25, -0.2) is 4.39 Å². The molecule has 0 aliphatic carbocycles. The Morgan fingerprint density at radius 1 is 1.08 bits per heavy atom. The van der Waals surface area contributed by atoms with Crippen molar-refractivity contribution in [1.29, 1.82) is 0 Å². The van der Waals surface area contributed by atoms with Gasteiger partial charge in [-0.3, -0.25) is 0 Å². The molecule has 0 spiro atoms. The topological polar surface area (TPSA) is 27.3 Å². The van der Waals surface area contributed by atoms with E-state index in [-0.39, 0.29) is 11.9 Å². The highest BCUT2D eigenvalue weighted by Gasteiger charge is 2.16. The first-order valence-electron chi connectivity index (χ1n) is 9.19. The monoisotopic (exact) mass is 371 g/mol. The standard InChI is InChI=1S/C21H26FN3S/c1-15-11-13-25(14-12-15)20-9-3-17(4-10-20)16(2)23-21(26)24-19-7-5-18(22)6-8-19/h3-10,15-16H,11-14H2,1-2H3,(H2,23,24,26)/t16-/m1/s1. The van der Waals surface area contributed by atoms with E-state index < -0.39 is 0 Å². The SMILES string of the molecule is CC1CCN(c2ccc([C@@H](C)NC(=S)Nc3ccc(F)cc3)cc2)CC1. The van der Waals surface area contributed by atoms with Gasteiger partial charge in [-0.1, -0.05) is 19.1 Å². The summed E-state index contributed by atoms with van der Waals surface area (Å²) < 4.78 is 13.0. The van der Waals surface area contributed by atoms with Crippen molar-refractivity contribution in [2.45, 2.75) is 32.7 Å². The second-order valence-electron chi connectivity index (χ2n) is 7.09. The van der Waals surface area contributed by atoms with Crippen LogP contribution in [0.25, 0.3) is 0 Å². The van der Waals surface area contributed by atoms with Crippen LogP contribution in [0.1, 0.15) is 38.3 Å². The van der Waals surface area contributed by atoms with E-state index in [0.29, 0.717) is 5.11 Å². The lowest BCUT2D eigenvalue weighted by Gasteiger charge is -2.32. The van der Waals surface area contributed by atoms with Crippen LogP contribution >= 0.6 is 12.2 Å². The van der Waals surface area contributed by atoms with Crippen molar-refractivity contribution in [1.82, 2.24) is 5.32 Å². The van der Waals surface area contributed by atoms with Crippen molar-refractivity contribution < 1.29 is 4.39 Å². The molecule has 0 unspecified atom stereocenters. The average Bonchev–Trinajstić information content (AvgIpc) is 2.64. The highest BCUT2D eigenvalue weighted by atomic mass is 32.1. The molecule has 2 N–H and O–H groups in total. The van der Waals surface area contributed by atoms with E-state index >= 15 is 0 Å². The molecule has 0 amide bonds. The quantitative estimate of drug-likeness (QED) is 0.731. The van der Waals surface area contributed by atoms with Gasteiger partial charge in [0.25, 0.3) is 0 Å². The molecule has 1 saturated heterocycles. The summed E-state index contributed by atoms with van der Waals surface area (Å²) in [5.74, 6) is 0.579. The molecule has 0 bridgehead atoms. The van der Waals surface area contributed by atoms with Gasteiger partial charge in [-0.2, -0.15) is 0 Å². The number of hydrogen-bond donors (Lipinski definition) is 2. The number of anilines is 2. The van der Waals surface area contributed by atoms with Crippen LogP contribution in [-0.2, 0) is 0 Å². The van der Waals surface area contributed by atoms with Crippen molar-refractivity contribution in [3.05, 3.63) is 59.9 Å². The number of nitrogens with one attached hydrogen (secondary N) is 2. The van der Waals surface area contributed by atoms with Gasteiger partial charge in [0.1, 0.15) is 5.82 Å². The molecule has 2 aromatic carbocycles. The normalized spacial score (nSPS) is 16.2. The number of thiocarbonyl (C=S) groups is 1. The van der Waals surface area contributed by atoms with Crippen LogP contribution in [0.4, 0.5) is 15.8 Å². The second kappa shape index (κ2) is 8.49. The Balaban J connectivity index is 1.54. The third-order valence-electron chi connectivity index (χ3n) is 4.99. The van der Waals surface area contributed by atoms with Crippen LogP contribution in [0, 0.1) is 11.7 Å². The fourth-order valence-electron chi connectivity index (χ4n) is 3.22. The Labute approximate surface area is 160 Å². The summed E-state index contributed by atoms with van der Waals surface area (Å²) in [6.07, 6.45) is 2.53. The van der Waals surface area contributed by atoms with E-state index in [1.165, 1.54) is 36.2 Å². The fourth-order valence-corrected chi connectivity index (χ4v) is 3.52. The molecule has 26 heavy (non-hydrogen) atoms. The lowest BCUT2D eigenvalue weighted by molar-refractivity contribution is 0.438. The molecule has 1 atom stereocenters. The molecule has 3 nitrogen and oxygen atoms in total. The summed E-state index contributed by atoms with van der Waals surface area (Å²) in [6.45, 7) is 6.69. The highest BCUT2D eigenvalue weighted by Crippen LogP contribution is 2.24. The van der Waals surface area contributed by atoms with Crippen molar-refractivity contribution in [2.75, 3.05) is 23.3 Å². The number of piperidine rings is 1. The average molecular weight is 372 g/mol. The van der Waals surface area contributed by atoms with Crippen molar-refractivity contribution >= 4 is 28.7 Å². The Hall–Kier alpha value is -2.14. The lowest BCUT2D eigenvalue weighted by atomic mass is 9.98. The number of rotatable bonds is 4. The first-order chi connectivity index (χ1) is 12.5. The van der Waals surface area contributed by atoms with Crippen LogP contribution in [0.3, 0.4) is 0 Å². The predicted molar refractivity (Wildman–Crippen MR) is 111 cm³/mol. The second-order valence-corrected chi connectivity index (χ2v) is 7.50. The Morgan fingerprint density at radius 3 is 2.31 bits per heavy atom. The van der Waals surface area contributed by atoms with E-state index in [1.54, 1.807) is 12.1 Å². The summed E-state index contributed by atoms with van der Waals surface area (Å²) in [6, 6.07) is 15.0. The van der Waals surface area contributed by atoms with Crippen LogP contribution in [0.2, 0.25) is 0 Å². The highest BCUT2D eigenvalue weighted by molar-refractivity contribution is 7.80. The van der Waals surface area contributed by atoms with Crippen LogP contribution in [-0.4, -0.2) is 18.2 Å².